The molecule has 0 aromatic heterocycles. The second-order valence-electron chi connectivity index (χ2n) is 5.44. The zero-order valence-electron chi connectivity index (χ0n) is 13.5. The molecule has 1 rings (SSSR count). The number of rotatable bonds is 9. The summed E-state index contributed by atoms with van der Waals surface area (Å²) in [5.74, 6) is -0.164. The van der Waals surface area contributed by atoms with E-state index in [0.29, 0.717) is 18.2 Å². The lowest BCUT2D eigenvalue weighted by molar-refractivity contribution is -0.121. The fourth-order valence-corrected chi connectivity index (χ4v) is 2.12. The van der Waals surface area contributed by atoms with E-state index in [4.69, 9.17) is 22.1 Å². The summed E-state index contributed by atoms with van der Waals surface area (Å²) in [6.07, 6.45) is 1.02. The minimum atomic E-state index is -0.678. The Bertz CT molecular complexity index is 506. The van der Waals surface area contributed by atoms with Crippen LogP contribution in [0.25, 0.3) is 0 Å². The molecular weight excluding hydrogens is 318 g/mol. The van der Waals surface area contributed by atoms with Crippen LogP contribution in [0.4, 0.5) is 4.79 Å². The van der Waals surface area contributed by atoms with Crippen molar-refractivity contribution >= 4 is 23.5 Å². The van der Waals surface area contributed by atoms with Crippen molar-refractivity contribution < 1.29 is 14.3 Å². The number of halogens is 1. The van der Waals surface area contributed by atoms with E-state index >= 15 is 0 Å². The van der Waals surface area contributed by atoms with Gasteiger partial charge in [-0.1, -0.05) is 23.7 Å². The highest BCUT2D eigenvalue weighted by molar-refractivity contribution is 6.30. The van der Waals surface area contributed by atoms with Gasteiger partial charge in [0, 0.05) is 18.2 Å². The van der Waals surface area contributed by atoms with E-state index < -0.39 is 12.1 Å². The number of nitrogens with one attached hydrogen (secondary N) is 2. The zero-order chi connectivity index (χ0) is 17.2. The summed E-state index contributed by atoms with van der Waals surface area (Å²) < 4.78 is 5.40. The predicted molar refractivity (Wildman–Crippen MR) is 90.2 cm³/mol. The second-order valence-corrected chi connectivity index (χ2v) is 5.88. The third-order valence-electron chi connectivity index (χ3n) is 3.07. The van der Waals surface area contributed by atoms with E-state index in [0.717, 1.165) is 12.0 Å². The van der Waals surface area contributed by atoms with Gasteiger partial charge in [0.05, 0.1) is 18.6 Å². The fraction of sp³-hybridized carbons (Fsp3) is 0.500. The maximum Gasteiger partial charge on any atom is 0.312 e. The molecule has 0 aliphatic rings. The Morgan fingerprint density at radius 2 is 1.91 bits per heavy atom. The molecule has 0 saturated carbocycles. The van der Waals surface area contributed by atoms with Gasteiger partial charge < -0.3 is 21.1 Å². The first kappa shape index (κ1) is 19.3. The molecule has 1 aromatic rings. The van der Waals surface area contributed by atoms with Crippen LogP contribution in [0.3, 0.4) is 0 Å². The average Bonchev–Trinajstić information content (AvgIpc) is 2.46. The Kier molecular flexibility index (Phi) is 8.43. The summed E-state index contributed by atoms with van der Waals surface area (Å²) >= 11 is 5.85. The Labute approximate surface area is 141 Å². The number of ether oxygens (including phenoxy) is 1. The molecule has 1 unspecified atom stereocenters. The largest absolute Gasteiger partial charge is 0.379 e. The standard InChI is InChI=1S/C16H24ClN3O3/c1-11(2)23-9-3-8-19-15(21)10-14(20-16(18)22)12-4-6-13(17)7-5-12/h4-7,11,14H,3,8-10H2,1-2H3,(H,19,21)(H3,18,20,22). The number of benzene rings is 1. The van der Waals surface area contributed by atoms with Crippen LogP contribution in [-0.2, 0) is 9.53 Å². The third kappa shape index (κ3) is 8.42. The van der Waals surface area contributed by atoms with Gasteiger partial charge in [-0.25, -0.2) is 4.79 Å². The number of carbonyl (C=O) groups excluding carboxylic acids is 2. The Morgan fingerprint density at radius 1 is 1.26 bits per heavy atom. The van der Waals surface area contributed by atoms with Crippen LogP contribution in [0.1, 0.15) is 38.3 Å². The fourth-order valence-electron chi connectivity index (χ4n) is 2.00. The average molecular weight is 342 g/mol. The molecule has 0 aliphatic carbocycles. The summed E-state index contributed by atoms with van der Waals surface area (Å²) in [4.78, 5) is 23.1. The molecule has 0 aliphatic heterocycles. The number of amides is 3. The monoisotopic (exact) mass is 341 g/mol. The van der Waals surface area contributed by atoms with E-state index in [2.05, 4.69) is 10.6 Å². The van der Waals surface area contributed by atoms with E-state index in [1.807, 2.05) is 13.8 Å². The molecule has 7 heteroatoms. The van der Waals surface area contributed by atoms with Crippen molar-refractivity contribution in [3.8, 4) is 0 Å². The first-order valence-electron chi connectivity index (χ1n) is 7.58. The molecular formula is C16H24ClN3O3. The number of carbonyl (C=O) groups is 2. The molecule has 0 saturated heterocycles. The Morgan fingerprint density at radius 3 is 2.48 bits per heavy atom. The number of hydrogen-bond acceptors (Lipinski definition) is 3. The van der Waals surface area contributed by atoms with E-state index in [1.165, 1.54) is 0 Å². The van der Waals surface area contributed by atoms with Gasteiger partial charge in [0.15, 0.2) is 0 Å². The maximum absolute atomic E-state index is 12.0. The van der Waals surface area contributed by atoms with Crippen LogP contribution < -0.4 is 16.4 Å². The van der Waals surface area contributed by atoms with Crippen LogP contribution in [0.5, 0.6) is 0 Å². The summed E-state index contributed by atoms with van der Waals surface area (Å²) in [6, 6.07) is 5.75. The lowest BCUT2D eigenvalue weighted by Crippen LogP contribution is -2.37. The van der Waals surface area contributed by atoms with E-state index in [9.17, 15) is 9.59 Å². The van der Waals surface area contributed by atoms with Gasteiger partial charge in [-0.3, -0.25) is 4.79 Å². The van der Waals surface area contributed by atoms with Crippen molar-refractivity contribution in [3.63, 3.8) is 0 Å². The van der Waals surface area contributed by atoms with Gasteiger partial charge in [0.2, 0.25) is 5.91 Å². The van der Waals surface area contributed by atoms with Gasteiger partial charge in [-0.15, -0.1) is 0 Å². The van der Waals surface area contributed by atoms with Crippen LogP contribution in [0, 0.1) is 0 Å². The highest BCUT2D eigenvalue weighted by Crippen LogP contribution is 2.19. The van der Waals surface area contributed by atoms with Crippen molar-refractivity contribution in [2.24, 2.45) is 5.73 Å². The smallest absolute Gasteiger partial charge is 0.312 e. The molecule has 3 amide bonds. The predicted octanol–water partition coefficient (Wildman–Crippen LogP) is 2.37. The molecule has 4 N–H and O–H groups in total. The lowest BCUT2D eigenvalue weighted by atomic mass is 10.0. The molecule has 23 heavy (non-hydrogen) atoms. The van der Waals surface area contributed by atoms with E-state index in [1.54, 1.807) is 24.3 Å². The molecule has 0 bridgehead atoms. The molecule has 6 nitrogen and oxygen atoms in total. The quantitative estimate of drug-likeness (QED) is 0.602. The zero-order valence-corrected chi connectivity index (χ0v) is 14.2. The molecule has 128 valence electrons. The SMILES string of the molecule is CC(C)OCCCNC(=O)CC(NC(N)=O)c1ccc(Cl)cc1. The number of primary amides is 1. The topological polar surface area (TPSA) is 93.4 Å². The molecule has 0 heterocycles. The first-order chi connectivity index (χ1) is 10.9. The van der Waals surface area contributed by atoms with Gasteiger partial charge in [-0.2, -0.15) is 0 Å². The minimum absolute atomic E-state index is 0.107. The summed E-state index contributed by atoms with van der Waals surface area (Å²) in [6.45, 7) is 5.04. The van der Waals surface area contributed by atoms with Gasteiger partial charge in [0.1, 0.15) is 0 Å². The normalized spacial score (nSPS) is 12.0. The van der Waals surface area contributed by atoms with Crippen LogP contribution in [0.2, 0.25) is 5.02 Å². The van der Waals surface area contributed by atoms with E-state index in [-0.39, 0.29) is 18.4 Å². The highest BCUT2D eigenvalue weighted by Gasteiger charge is 2.17. The summed E-state index contributed by atoms with van der Waals surface area (Å²) in [5.41, 5.74) is 5.95. The number of hydrogen-bond donors (Lipinski definition) is 3. The highest BCUT2D eigenvalue weighted by atomic mass is 35.5. The minimum Gasteiger partial charge on any atom is -0.379 e. The van der Waals surface area contributed by atoms with Crippen LogP contribution in [-0.4, -0.2) is 31.2 Å². The number of nitrogens with two attached hydrogens (primary N) is 1. The van der Waals surface area contributed by atoms with Crippen molar-refractivity contribution in [3.05, 3.63) is 34.9 Å². The van der Waals surface area contributed by atoms with Crippen molar-refractivity contribution in [1.29, 1.82) is 0 Å². The molecule has 1 aromatic carbocycles. The van der Waals surface area contributed by atoms with Crippen LogP contribution >= 0.6 is 11.6 Å². The Balaban J connectivity index is 2.48. The van der Waals surface area contributed by atoms with Gasteiger partial charge >= 0.3 is 6.03 Å². The lowest BCUT2D eigenvalue weighted by Gasteiger charge is -2.18. The second kappa shape index (κ2) is 10.1. The third-order valence-corrected chi connectivity index (χ3v) is 3.32. The van der Waals surface area contributed by atoms with Gasteiger partial charge in [-0.05, 0) is 38.0 Å². The molecule has 0 fully saturated rings. The molecule has 0 spiro atoms. The summed E-state index contributed by atoms with van der Waals surface area (Å²) in [7, 11) is 0. The van der Waals surface area contributed by atoms with Gasteiger partial charge in [0.25, 0.3) is 0 Å². The summed E-state index contributed by atoms with van der Waals surface area (Å²) in [5, 5.41) is 5.96. The first-order valence-corrected chi connectivity index (χ1v) is 7.96. The number of urea groups is 1. The van der Waals surface area contributed by atoms with Crippen molar-refractivity contribution in [2.45, 2.75) is 38.8 Å². The molecule has 0 radical (unpaired) electrons. The van der Waals surface area contributed by atoms with Crippen LogP contribution in [0.15, 0.2) is 24.3 Å². The van der Waals surface area contributed by atoms with Crippen molar-refractivity contribution in [1.82, 2.24) is 10.6 Å². The maximum atomic E-state index is 12.0. The van der Waals surface area contributed by atoms with Crippen molar-refractivity contribution in [2.75, 3.05) is 13.2 Å². The Hall–Kier alpha value is -1.79. The molecule has 1 atom stereocenters.